The lowest BCUT2D eigenvalue weighted by Gasteiger charge is -2.54. The van der Waals surface area contributed by atoms with Crippen LogP contribution in [0.2, 0.25) is 0 Å². The van der Waals surface area contributed by atoms with Crippen LogP contribution < -0.4 is 4.90 Å². The number of fused-ring (bicyclic) bond motifs is 4. The first kappa shape index (κ1) is 21.8. The molecule has 0 saturated heterocycles. The minimum absolute atomic E-state index is 0.203. The van der Waals surface area contributed by atoms with Crippen molar-refractivity contribution in [3.05, 3.63) is 52.6 Å². The molecular weight excluding hydrogens is 394 g/mol. The summed E-state index contributed by atoms with van der Waals surface area (Å²) in [5.74, 6) is 7.58. The van der Waals surface area contributed by atoms with E-state index in [1.165, 1.54) is 22.4 Å². The van der Waals surface area contributed by atoms with Gasteiger partial charge in [-0.1, -0.05) is 36.6 Å². The molecule has 4 aliphatic carbocycles. The summed E-state index contributed by atoms with van der Waals surface area (Å²) in [6, 6.07) is 9.04. The van der Waals surface area contributed by atoms with Crippen LogP contribution in [0.5, 0.6) is 0 Å². The van der Waals surface area contributed by atoms with Gasteiger partial charge in [0.2, 0.25) is 0 Å². The summed E-state index contributed by atoms with van der Waals surface area (Å²) >= 11 is 0. The molecule has 5 rings (SSSR count). The molecule has 32 heavy (non-hydrogen) atoms. The molecule has 1 aromatic carbocycles. The van der Waals surface area contributed by atoms with E-state index >= 15 is 0 Å². The Morgan fingerprint density at radius 3 is 2.50 bits per heavy atom. The molecule has 0 spiro atoms. The number of nitrogens with zero attached hydrogens (tertiary/aromatic N) is 1. The van der Waals surface area contributed by atoms with Gasteiger partial charge in [0, 0.05) is 31.1 Å². The van der Waals surface area contributed by atoms with Gasteiger partial charge in [-0.2, -0.15) is 0 Å². The largest absolute Gasteiger partial charge is 0.389 e. The van der Waals surface area contributed by atoms with Crippen molar-refractivity contribution in [3.63, 3.8) is 0 Å². The third kappa shape index (κ3) is 3.18. The molecule has 0 aromatic heterocycles. The third-order valence-electron chi connectivity index (χ3n) is 9.16. The van der Waals surface area contributed by atoms with Crippen molar-refractivity contribution in [1.29, 1.82) is 0 Å². The highest BCUT2D eigenvalue weighted by atomic mass is 16.3. The molecule has 3 heteroatoms. The quantitative estimate of drug-likeness (QED) is 0.633. The zero-order chi connectivity index (χ0) is 22.7. The summed E-state index contributed by atoms with van der Waals surface area (Å²) in [4.78, 5) is 2.14. The smallest absolute Gasteiger partial charge is 0.131 e. The summed E-state index contributed by atoms with van der Waals surface area (Å²) in [6.45, 7) is 4.17. The lowest BCUT2D eigenvalue weighted by molar-refractivity contribution is -0.0514. The van der Waals surface area contributed by atoms with E-state index in [2.05, 4.69) is 68.1 Å². The molecule has 2 fully saturated rings. The number of hydrogen-bond acceptors (Lipinski definition) is 3. The highest BCUT2D eigenvalue weighted by Gasteiger charge is 2.62. The zero-order valence-corrected chi connectivity index (χ0v) is 20.0. The van der Waals surface area contributed by atoms with Crippen molar-refractivity contribution in [2.75, 3.05) is 19.0 Å². The maximum atomic E-state index is 11.7. The van der Waals surface area contributed by atoms with E-state index in [9.17, 15) is 10.2 Å². The summed E-state index contributed by atoms with van der Waals surface area (Å²) in [5, 5.41) is 22.0. The fourth-order valence-electron chi connectivity index (χ4n) is 7.50. The Kier molecular flexibility index (Phi) is 5.31. The number of allylic oxidation sites excluding steroid dienone is 3. The zero-order valence-electron chi connectivity index (χ0n) is 20.0. The van der Waals surface area contributed by atoms with E-state index in [0.29, 0.717) is 17.8 Å². The van der Waals surface area contributed by atoms with Gasteiger partial charge in [-0.3, -0.25) is 0 Å². The van der Waals surface area contributed by atoms with Crippen LogP contribution >= 0.6 is 0 Å². The number of aliphatic hydroxyl groups is 2. The highest BCUT2D eigenvalue weighted by Crippen LogP contribution is 2.66. The van der Waals surface area contributed by atoms with Crippen molar-refractivity contribution in [1.82, 2.24) is 0 Å². The van der Waals surface area contributed by atoms with Gasteiger partial charge in [0.05, 0.1) is 6.10 Å². The summed E-state index contributed by atoms with van der Waals surface area (Å²) in [5.41, 5.74) is 5.98. The van der Waals surface area contributed by atoms with Crippen LogP contribution in [-0.4, -0.2) is 36.0 Å². The van der Waals surface area contributed by atoms with Crippen LogP contribution in [0.15, 0.2) is 47.1 Å². The molecule has 1 aromatic rings. The number of rotatable bonds is 2. The van der Waals surface area contributed by atoms with E-state index in [-0.39, 0.29) is 11.5 Å². The number of benzene rings is 1. The maximum absolute atomic E-state index is 11.7. The van der Waals surface area contributed by atoms with E-state index in [1.54, 1.807) is 5.57 Å². The predicted molar refractivity (Wildman–Crippen MR) is 130 cm³/mol. The molecule has 0 aliphatic heterocycles. The van der Waals surface area contributed by atoms with Gasteiger partial charge >= 0.3 is 0 Å². The van der Waals surface area contributed by atoms with Crippen LogP contribution in [0.1, 0.15) is 70.3 Å². The Morgan fingerprint density at radius 1 is 1.06 bits per heavy atom. The molecule has 0 bridgehead atoms. The first-order valence-electron chi connectivity index (χ1n) is 12.3. The number of anilines is 1. The third-order valence-corrected chi connectivity index (χ3v) is 9.16. The Bertz CT molecular complexity index is 1020. The topological polar surface area (TPSA) is 43.7 Å². The van der Waals surface area contributed by atoms with Gasteiger partial charge in [-0.05, 0) is 92.5 Å². The molecular formula is C29H37NO2. The van der Waals surface area contributed by atoms with Crippen molar-refractivity contribution in [2.45, 2.75) is 76.4 Å². The lowest BCUT2D eigenvalue weighted by atomic mass is 9.51. The second kappa shape index (κ2) is 7.79. The van der Waals surface area contributed by atoms with Crippen LogP contribution in [0, 0.1) is 29.1 Å². The van der Waals surface area contributed by atoms with Gasteiger partial charge in [0.15, 0.2) is 0 Å². The Labute approximate surface area is 193 Å². The average Bonchev–Trinajstić information content (AvgIpc) is 3.03. The average molecular weight is 432 g/mol. The second-order valence-corrected chi connectivity index (χ2v) is 10.9. The standard InChI is InChI=1S/C29H37NO2/c1-5-15-29(32)16-14-26-24-12-8-20-17-22(31)11-13-23(20)27(24)25(18-28(26,29)2)19-6-9-21(10-7-19)30(3)4/h6-7,9-10,17,22,24-26,31-32H,8,11-14,16,18H2,1-4H3/t22-,24+,25+,26-,28+,29+/m1/s1. The molecule has 4 aliphatic rings. The van der Waals surface area contributed by atoms with E-state index in [0.717, 1.165) is 44.9 Å². The molecule has 3 nitrogen and oxygen atoms in total. The molecule has 0 heterocycles. The summed E-state index contributed by atoms with van der Waals surface area (Å²) in [7, 11) is 4.16. The van der Waals surface area contributed by atoms with Gasteiger partial charge in [-0.25, -0.2) is 0 Å². The van der Waals surface area contributed by atoms with Gasteiger partial charge in [0.1, 0.15) is 5.60 Å². The highest BCUT2D eigenvalue weighted by molar-refractivity contribution is 5.52. The van der Waals surface area contributed by atoms with Crippen LogP contribution in [-0.2, 0) is 0 Å². The molecule has 170 valence electrons. The minimum Gasteiger partial charge on any atom is -0.389 e. The Morgan fingerprint density at radius 2 is 1.81 bits per heavy atom. The van der Waals surface area contributed by atoms with Gasteiger partial charge in [-0.15, -0.1) is 5.92 Å². The SMILES string of the molecule is CC#C[C@]1(O)CC[C@@H]2[C@@H]3CCC4=C[C@H](O)CCC4=C3[C@H](c3ccc(N(C)C)cc3)C[C@@]21C. The monoisotopic (exact) mass is 431 g/mol. The van der Waals surface area contributed by atoms with Crippen LogP contribution in [0.25, 0.3) is 0 Å². The molecule has 0 unspecified atom stereocenters. The Hall–Kier alpha value is -2.02. The first-order chi connectivity index (χ1) is 15.3. The summed E-state index contributed by atoms with van der Waals surface area (Å²) < 4.78 is 0. The molecule has 6 atom stereocenters. The fraction of sp³-hybridized carbons (Fsp3) is 0.586. The summed E-state index contributed by atoms with van der Waals surface area (Å²) in [6.07, 6.45) is 8.58. The van der Waals surface area contributed by atoms with Crippen molar-refractivity contribution in [3.8, 4) is 11.8 Å². The Balaban J connectivity index is 1.66. The number of hydrogen-bond donors (Lipinski definition) is 2. The van der Waals surface area contributed by atoms with Gasteiger partial charge in [0.25, 0.3) is 0 Å². The van der Waals surface area contributed by atoms with Crippen molar-refractivity contribution >= 4 is 5.69 Å². The second-order valence-electron chi connectivity index (χ2n) is 10.9. The van der Waals surface area contributed by atoms with Gasteiger partial charge < -0.3 is 15.1 Å². The molecule has 2 N–H and O–H groups in total. The first-order valence-corrected chi connectivity index (χ1v) is 12.3. The number of aliphatic hydroxyl groups excluding tert-OH is 1. The van der Waals surface area contributed by atoms with E-state index in [1.807, 2.05) is 6.92 Å². The minimum atomic E-state index is -0.899. The van der Waals surface area contributed by atoms with Crippen molar-refractivity contribution < 1.29 is 10.2 Å². The molecule has 0 radical (unpaired) electrons. The van der Waals surface area contributed by atoms with Crippen molar-refractivity contribution in [2.24, 2.45) is 17.3 Å². The molecule has 0 amide bonds. The molecule has 2 saturated carbocycles. The van der Waals surface area contributed by atoms with Crippen LogP contribution in [0.4, 0.5) is 5.69 Å². The predicted octanol–water partition coefficient (Wildman–Crippen LogP) is 5.20. The fourth-order valence-corrected chi connectivity index (χ4v) is 7.50. The normalized spacial score (nSPS) is 38.1. The van der Waals surface area contributed by atoms with E-state index < -0.39 is 5.60 Å². The maximum Gasteiger partial charge on any atom is 0.131 e. The van der Waals surface area contributed by atoms with Crippen LogP contribution in [0.3, 0.4) is 0 Å². The lowest BCUT2D eigenvalue weighted by Crippen LogP contribution is -2.51. The van der Waals surface area contributed by atoms with E-state index in [4.69, 9.17) is 0 Å².